The van der Waals surface area contributed by atoms with Crippen LogP contribution in [0.1, 0.15) is 40.6 Å². The lowest BCUT2D eigenvalue weighted by molar-refractivity contribution is 0.0696. The maximum absolute atomic E-state index is 13.1. The van der Waals surface area contributed by atoms with Crippen LogP contribution < -0.4 is 0 Å². The first-order valence-corrected chi connectivity index (χ1v) is 10.4. The first kappa shape index (κ1) is 18.6. The van der Waals surface area contributed by atoms with Gasteiger partial charge in [0.25, 0.3) is 5.91 Å². The van der Waals surface area contributed by atoms with Gasteiger partial charge in [-0.05, 0) is 48.7 Å². The third-order valence-corrected chi connectivity index (χ3v) is 5.77. The molecule has 1 saturated heterocycles. The SMILES string of the molecule is Cc1cccc(-c2noc(C3CCCN(C(=O)c4ccc5ccccc5c4)C3)n2)c1. The molecule has 30 heavy (non-hydrogen) atoms. The van der Waals surface area contributed by atoms with Crippen molar-refractivity contribution in [1.82, 2.24) is 15.0 Å². The maximum Gasteiger partial charge on any atom is 0.253 e. The highest BCUT2D eigenvalue weighted by Gasteiger charge is 2.29. The molecule has 0 aliphatic carbocycles. The van der Waals surface area contributed by atoms with Crippen molar-refractivity contribution in [2.45, 2.75) is 25.7 Å². The highest BCUT2D eigenvalue weighted by atomic mass is 16.5. The van der Waals surface area contributed by atoms with Gasteiger partial charge in [0.1, 0.15) is 0 Å². The van der Waals surface area contributed by atoms with Gasteiger partial charge in [-0.25, -0.2) is 0 Å². The van der Waals surface area contributed by atoms with E-state index in [0.29, 0.717) is 18.3 Å². The molecule has 1 aliphatic heterocycles. The van der Waals surface area contributed by atoms with Gasteiger partial charge < -0.3 is 9.42 Å². The number of fused-ring (bicyclic) bond motifs is 1. The highest BCUT2D eigenvalue weighted by Crippen LogP contribution is 2.29. The number of hydrogen-bond acceptors (Lipinski definition) is 4. The van der Waals surface area contributed by atoms with Crippen LogP contribution in [0.3, 0.4) is 0 Å². The van der Waals surface area contributed by atoms with E-state index in [1.807, 2.05) is 72.5 Å². The molecule has 1 amide bonds. The molecule has 5 rings (SSSR count). The minimum absolute atomic E-state index is 0.0591. The number of aromatic nitrogens is 2. The number of benzene rings is 3. The smallest absolute Gasteiger partial charge is 0.253 e. The number of nitrogens with zero attached hydrogens (tertiary/aromatic N) is 3. The Morgan fingerprint density at radius 2 is 1.90 bits per heavy atom. The van der Waals surface area contributed by atoms with Crippen molar-refractivity contribution in [2.24, 2.45) is 0 Å². The summed E-state index contributed by atoms with van der Waals surface area (Å²) < 4.78 is 5.59. The van der Waals surface area contributed by atoms with Crippen LogP contribution in [0.4, 0.5) is 0 Å². The molecule has 1 aromatic heterocycles. The van der Waals surface area contributed by atoms with E-state index in [9.17, 15) is 4.79 Å². The Hall–Kier alpha value is -3.47. The molecule has 150 valence electrons. The van der Waals surface area contributed by atoms with E-state index in [1.54, 1.807) is 0 Å². The van der Waals surface area contributed by atoms with Crippen molar-refractivity contribution in [3.05, 3.63) is 83.7 Å². The highest BCUT2D eigenvalue weighted by molar-refractivity contribution is 5.98. The molecule has 1 atom stereocenters. The molecule has 1 fully saturated rings. The van der Waals surface area contributed by atoms with Crippen LogP contribution in [0.15, 0.2) is 71.3 Å². The summed E-state index contributed by atoms with van der Waals surface area (Å²) in [6.07, 6.45) is 1.86. The van der Waals surface area contributed by atoms with E-state index in [1.165, 1.54) is 0 Å². The molecule has 5 heteroatoms. The van der Waals surface area contributed by atoms with Gasteiger partial charge in [-0.3, -0.25) is 4.79 Å². The molecule has 0 radical (unpaired) electrons. The maximum atomic E-state index is 13.1. The number of carbonyl (C=O) groups excluding carboxylic acids is 1. The fraction of sp³-hybridized carbons (Fsp3) is 0.240. The number of carbonyl (C=O) groups is 1. The zero-order valence-electron chi connectivity index (χ0n) is 16.9. The van der Waals surface area contributed by atoms with Gasteiger partial charge in [0.05, 0.1) is 5.92 Å². The molecule has 5 nitrogen and oxygen atoms in total. The topological polar surface area (TPSA) is 59.2 Å². The lowest BCUT2D eigenvalue weighted by Gasteiger charge is -2.31. The molecule has 1 unspecified atom stereocenters. The summed E-state index contributed by atoms with van der Waals surface area (Å²) in [5.41, 5.74) is 2.83. The van der Waals surface area contributed by atoms with E-state index >= 15 is 0 Å². The number of aryl methyl sites for hydroxylation is 1. The van der Waals surface area contributed by atoms with E-state index in [-0.39, 0.29) is 11.8 Å². The van der Waals surface area contributed by atoms with Crippen molar-refractivity contribution >= 4 is 16.7 Å². The van der Waals surface area contributed by atoms with Gasteiger partial charge in [-0.15, -0.1) is 0 Å². The van der Waals surface area contributed by atoms with E-state index in [0.717, 1.165) is 46.8 Å². The Morgan fingerprint density at radius 3 is 2.77 bits per heavy atom. The molecule has 4 aromatic rings. The Bertz CT molecular complexity index is 1210. The molecule has 0 saturated carbocycles. The van der Waals surface area contributed by atoms with Crippen LogP contribution in [-0.4, -0.2) is 34.0 Å². The molecule has 3 aromatic carbocycles. The lowest BCUT2D eigenvalue weighted by Crippen LogP contribution is -2.39. The molecule has 2 heterocycles. The summed E-state index contributed by atoms with van der Waals surface area (Å²) in [7, 11) is 0. The van der Waals surface area contributed by atoms with Gasteiger partial charge in [0.15, 0.2) is 0 Å². The molecular weight excluding hydrogens is 374 g/mol. The number of amides is 1. The minimum atomic E-state index is 0.0591. The molecule has 0 bridgehead atoms. The first-order valence-electron chi connectivity index (χ1n) is 10.4. The predicted molar refractivity (Wildman–Crippen MR) is 116 cm³/mol. The Labute approximate surface area is 175 Å². The summed E-state index contributed by atoms with van der Waals surface area (Å²) in [6.45, 7) is 3.39. The Kier molecular flexibility index (Phi) is 4.79. The monoisotopic (exact) mass is 397 g/mol. The van der Waals surface area contributed by atoms with Gasteiger partial charge in [0, 0.05) is 24.2 Å². The van der Waals surface area contributed by atoms with Crippen LogP contribution >= 0.6 is 0 Å². The van der Waals surface area contributed by atoms with Gasteiger partial charge in [-0.1, -0.05) is 59.3 Å². The molecule has 1 aliphatic rings. The van der Waals surface area contributed by atoms with Crippen LogP contribution in [0.2, 0.25) is 0 Å². The molecule has 0 N–H and O–H groups in total. The second-order valence-electron chi connectivity index (χ2n) is 7.98. The summed E-state index contributed by atoms with van der Waals surface area (Å²) in [5, 5.41) is 6.39. The first-order chi connectivity index (χ1) is 14.7. The fourth-order valence-corrected chi connectivity index (χ4v) is 4.17. The van der Waals surface area contributed by atoms with E-state index < -0.39 is 0 Å². The normalized spacial score (nSPS) is 16.7. The van der Waals surface area contributed by atoms with Crippen molar-refractivity contribution in [1.29, 1.82) is 0 Å². The summed E-state index contributed by atoms with van der Waals surface area (Å²) >= 11 is 0. The minimum Gasteiger partial charge on any atom is -0.339 e. The van der Waals surface area contributed by atoms with E-state index in [2.05, 4.69) is 16.2 Å². The number of rotatable bonds is 3. The predicted octanol–water partition coefficient (Wildman–Crippen LogP) is 5.22. The van der Waals surface area contributed by atoms with Crippen LogP contribution in [-0.2, 0) is 0 Å². The summed E-state index contributed by atoms with van der Waals surface area (Å²) in [4.78, 5) is 19.7. The van der Waals surface area contributed by atoms with Gasteiger partial charge >= 0.3 is 0 Å². The second kappa shape index (κ2) is 7.75. The number of likely N-dealkylation sites (tertiary alicyclic amines) is 1. The van der Waals surface area contributed by atoms with Crippen LogP contribution in [0.5, 0.6) is 0 Å². The summed E-state index contributed by atoms with van der Waals surface area (Å²) in [5.74, 6) is 1.34. The van der Waals surface area contributed by atoms with Crippen molar-refractivity contribution < 1.29 is 9.32 Å². The largest absolute Gasteiger partial charge is 0.339 e. The lowest BCUT2D eigenvalue weighted by atomic mass is 9.97. The molecule has 0 spiro atoms. The number of hydrogen-bond donors (Lipinski definition) is 0. The third-order valence-electron chi connectivity index (χ3n) is 5.77. The van der Waals surface area contributed by atoms with Gasteiger partial charge in [-0.2, -0.15) is 4.98 Å². The van der Waals surface area contributed by atoms with Crippen molar-refractivity contribution in [2.75, 3.05) is 13.1 Å². The third kappa shape index (κ3) is 3.59. The quantitative estimate of drug-likeness (QED) is 0.476. The van der Waals surface area contributed by atoms with Crippen LogP contribution in [0.25, 0.3) is 22.2 Å². The summed E-state index contributed by atoms with van der Waals surface area (Å²) in [6, 6.07) is 22.1. The number of piperidine rings is 1. The van der Waals surface area contributed by atoms with Crippen molar-refractivity contribution in [3.8, 4) is 11.4 Å². The zero-order valence-corrected chi connectivity index (χ0v) is 16.9. The second-order valence-corrected chi connectivity index (χ2v) is 7.98. The standard InChI is InChI=1S/C25H23N3O2/c1-17-6-4-9-20(14-17)23-26-24(30-27-23)22-10-5-13-28(16-22)25(29)21-12-11-18-7-2-3-8-19(18)15-21/h2-4,6-9,11-12,14-15,22H,5,10,13,16H2,1H3. The zero-order chi connectivity index (χ0) is 20.5. The van der Waals surface area contributed by atoms with Crippen LogP contribution in [0, 0.1) is 6.92 Å². The molecular formula is C25H23N3O2. The fourth-order valence-electron chi connectivity index (χ4n) is 4.17. The average molecular weight is 397 g/mol. The van der Waals surface area contributed by atoms with E-state index in [4.69, 9.17) is 4.52 Å². The van der Waals surface area contributed by atoms with Crippen molar-refractivity contribution in [3.63, 3.8) is 0 Å². The average Bonchev–Trinajstić information content (AvgIpc) is 3.29. The van der Waals surface area contributed by atoms with Gasteiger partial charge in [0.2, 0.25) is 11.7 Å². The Morgan fingerprint density at radius 1 is 1.03 bits per heavy atom. The Balaban J connectivity index is 1.35.